The third-order valence-electron chi connectivity index (χ3n) is 2.62. The van der Waals surface area contributed by atoms with E-state index in [2.05, 4.69) is 11.9 Å². The zero-order chi connectivity index (χ0) is 13.1. The van der Waals surface area contributed by atoms with Crippen LogP contribution < -0.4 is 5.32 Å². The van der Waals surface area contributed by atoms with E-state index in [1.165, 1.54) is 0 Å². The number of nitrogens with zero attached hydrogens (tertiary/aromatic N) is 1. The average molecular weight is 242 g/mol. The second-order valence-corrected chi connectivity index (χ2v) is 4.41. The number of aliphatic carboxylic acids is 1. The van der Waals surface area contributed by atoms with Crippen molar-refractivity contribution in [2.45, 2.75) is 31.4 Å². The lowest BCUT2D eigenvalue weighted by Crippen LogP contribution is -2.50. The Morgan fingerprint density at radius 2 is 2.18 bits per heavy atom. The maximum absolute atomic E-state index is 11.7. The van der Waals surface area contributed by atoms with E-state index in [1.54, 1.807) is 11.0 Å². The van der Waals surface area contributed by atoms with Crippen LogP contribution in [-0.4, -0.2) is 51.8 Å². The minimum absolute atomic E-state index is 0.211. The molecule has 96 valence electrons. The molecule has 0 saturated heterocycles. The molecule has 0 aromatic heterocycles. The molecule has 0 aromatic carbocycles. The van der Waals surface area contributed by atoms with Gasteiger partial charge in [0.2, 0.25) is 0 Å². The van der Waals surface area contributed by atoms with Crippen molar-refractivity contribution in [3.63, 3.8) is 0 Å². The van der Waals surface area contributed by atoms with Crippen LogP contribution in [0.1, 0.15) is 19.8 Å². The highest BCUT2D eigenvalue weighted by molar-refractivity contribution is 5.79. The molecule has 6 heteroatoms. The van der Waals surface area contributed by atoms with Crippen molar-refractivity contribution in [2.24, 2.45) is 0 Å². The zero-order valence-corrected chi connectivity index (χ0v) is 9.85. The first-order valence-corrected chi connectivity index (χ1v) is 5.49. The van der Waals surface area contributed by atoms with Crippen molar-refractivity contribution in [2.75, 3.05) is 13.1 Å². The highest BCUT2D eigenvalue weighted by Gasteiger charge is 2.34. The number of hydrogen-bond donors (Lipinski definition) is 3. The molecule has 1 saturated carbocycles. The third kappa shape index (κ3) is 3.74. The van der Waals surface area contributed by atoms with Gasteiger partial charge in [0, 0.05) is 12.6 Å². The van der Waals surface area contributed by atoms with Crippen molar-refractivity contribution in [1.29, 1.82) is 0 Å². The predicted octanol–water partition coefficient (Wildman–Crippen LogP) is 0.182. The number of carbonyl (C=O) groups is 2. The number of amides is 2. The standard InChI is InChI=1S/C11H18N2O4/c1-3-6-13(8-4-5-8)10(16)12-7-11(2,17)9(14)15/h3,8,17H,1,4-7H2,2H3,(H,12,16)(H,14,15). The third-order valence-corrected chi connectivity index (χ3v) is 2.62. The Kier molecular flexibility index (Phi) is 4.11. The van der Waals surface area contributed by atoms with Crippen LogP contribution in [0.4, 0.5) is 4.79 Å². The summed E-state index contributed by atoms with van der Waals surface area (Å²) in [6, 6.07) is -0.156. The number of hydrogen-bond acceptors (Lipinski definition) is 3. The molecule has 1 aliphatic carbocycles. The Morgan fingerprint density at radius 1 is 1.59 bits per heavy atom. The molecule has 6 nitrogen and oxygen atoms in total. The lowest BCUT2D eigenvalue weighted by molar-refractivity contribution is -0.155. The lowest BCUT2D eigenvalue weighted by Gasteiger charge is -2.24. The smallest absolute Gasteiger partial charge is 0.337 e. The molecule has 1 unspecified atom stereocenters. The van der Waals surface area contributed by atoms with Gasteiger partial charge in [-0.2, -0.15) is 0 Å². The maximum Gasteiger partial charge on any atom is 0.337 e. The van der Waals surface area contributed by atoms with Crippen LogP contribution in [0.15, 0.2) is 12.7 Å². The van der Waals surface area contributed by atoms with Gasteiger partial charge in [-0.25, -0.2) is 9.59 Å². The van der Waals surface area contributed by atoms with Crippen molar-refractivity contribution in [3.8, 4) is 0 Å². The number of urea groups is 1. The fraction of sp³-hybridized carbons (Fsp3) is 0.636. The summed E-state index contributed by atoms with van der Waals surface area (Å²) >= 11 is 0. The predicted molar refractivity (Wildman–Crippen MR) is 61.6 cm³/mol. The van der Waals surface area contributed by atoms with Gasteiger partial charge in [0.05, 0.1) is 6.54 Å². The van der Waals surface area contributed by atoms with Crippen LogP contribution in [0.5, 0.6) is 0 Å². The number of carbonyl (C=O) groups excluding carboxylic acids is 1. The van der Waals surface area contributed by atoms with Crippen LogP contribution in [0, 0.1) is 0 Å². The van der Waals surface area contributed by atoms with Gasteiger partial charge in [0.15, 0.2) is 5.60 Å². The molecule has 0 bridgehead atoms. The number of rotatable bonds is 6. The van der Waals surface area contributed by atoms with E-state index in [4.69, 9.17) is 5.11 Å². The molecule has 2 amide bonds. The molecule has 1 aliphatic rings. The van der Waals surface area contributed by atoms with Crippen LogP contribution in [0.25, 0.3) is 0 Å². The molecule has 0 aliphatic heterocycles. The largest absolute Gasteiger partial charge is 0.479 e. The molecule has 3 N–H and O–H groups in total. The monoisotopic (exact) mass is 242 g/mol. The molecule has 0 radical (unpaired) electrons. The molecule has 1 rings (SSSR count). The van der Waals surface area contributed by atoms with Crippen LogP contribution >= 0.6 is 0 Å². The van der Waals surface area contributed by atoms with Crippen LogP contribution in [-0.2, 0) is 4.79 Å². The summed E-state index contributed by atoms with van der Waals surface area (Å²) in [5.74, 6) is -1.36. The first kappa shape index (κ1) is 13.5. The highest BCUT2D eigenvalue weighted by Crippen LogP contribution is 2.26. The zero-order valence-electron chi connectivity index (χ0n) is 9.85. The first-order chi connectivity index (χ1) is 7.88. The SMILES string of the molecule is C=CCN(C(=O)NCC(C)(O)C(=O)O)C1CC1. The van der Waals surface area contributed by atoms with Gasteiger partial charge in [0.25, 0.3) is 0 Å². The van der Waals surface area contributed by atoms with Crippen molar-refractivity contribution in [3.05, 3.63) is 12.7 Å². The topological polar surface area (TPSA) is 89.9 Å². The molecule has 0 spiro atoms. The number of nitrogens with one attached hydrogen (secondary N) is 1. The van der Waals surface area contributed by atoms with Crippen molar-refractivity contribution >= 4 is 12.0 Å². The second kappa shape index (κ2) is 5.18. The Morgan fingerprint density at radius 3 is 2.59 bits per heavy atom. The summed E-state index contributed by atoms with van der Waals surface area (Å²) in [7, 11) is 0. The Labute approximate surface area is 99.9 Å². The minimum Gasteiger partial charge on any atom is -0.479 e. The Balaban J connectivity index is 2.47. The Bertz CT molecular complexity index is 323. The number of carboxylic acid groups (broad SMARTS) is 1. The van der Waals surface area contributed by atoms with E-state index in [9.17, 15) is 14.7 Å². The van der Waals surface area contributed by atoms with Crippen molar-refractivity contribution < 1.29 is 19.8 Å². The molecule has 1 atom stereocenters. The van der Waals surface area contributed by atoms with Crippen molar-refractivity contribution in [1.82, 2.24) is 10.2 Å². The van der Waals surface area contributed by atoms with Gasteiger partial charge in [0.1, 0.15) is 0 Å². The van der Waals surface area contributed by atoms with Gasteiger partial charge in [-0.1, -0.05) is 6.08 Å². The summed E-state index contributed by atoms with van der Waals surface area (Å²) < 4.78 is 0. The van der Waals surface area contributed by atoms with E-state index in [-0.39, 0.29) is 18.6 Å². The van der Waals surface area contributed by atoms with Gasteiger partial charge in [-0.3, -0.25) is 0 Å². The van der Waals surface area contributed by atoms with E-state index in [1.807, 2.05) is 0 Å². The fourth-order valence-electron chi connectivity index (χ4n) is 1.35. The van der Waals surface area contributed by atoms with Gasteiger partial charge >= 0.3 is 12.0 Å². The van der Waals surface area contributed by atoms with Crippen LogP contribution in [0.2, 0.25) is 0 Å². The normalized spacial score (nSPS) is 18.0. The average Bonchev–Trinajstić information content (AvgIpc) is 3.06. The van der Waals surface area contributed by atoms with E-state index in [0.717, 1.165) is 19.8 Å². The summed E-state index contributed by atoms with van der Waals surface area (Å²) in [5, 5.41) is 20.6. The molecule has 0 aromatic rings. The highest BCUT2D eigenvalue weighted by atomic mass is 16.4. The summed E-state index contributed by atoms with van der Waals surface area (Å²) in [6.45, 7) is 4.81. The molecular formula is C11H18N2O4. The van der Waals surface area contributed by atoms with E-state index in [0.29, 0.717) is 6.54 Å². The lowest BCUT2D eigenvalue weighted by atomic mass is 10.1. The van der Waals surface area contributed by atoms with Gasteiger partial charge in [-0.05, 0) is 19.8 Å². The second-order valence-electron chi connectivity index (χ2n) is 4.41. The molecular weight excluding hydrogens is 224 g/mol. The summed E-state index contributed by atoms with van der Waals surface area (Å²) in [6.07, 6.45) is 3.53. The van der Waals surface area contributed by atoms with E-state index < -0.39 is 11.6 Å². The van der Waals surface area contributed by atoms with E-state index >= 15 is 0 Å². The van der Waals surface area contributed by atoms with Gasteiger partial charge in [-0.15, -0.1) is 6.58 Å². The van der Waals surface area contributed by atoms with Gasteiger partial charge < -0.3 is 20.4 Å². The fourth-order valence-corrected chi connectivity index (χ4v) is 1.35. The number of carboxylic acids is 1. The van der Waals surface area contributed by atoms with Crippen LogP contribution in [0.3, 0.4) is 0 Å². The number of aliphatic hydroxyl groups is 1. The molecule has 0 heterocycles. The maximum atomic E-state index is 11.7. The first-order valence-electron chi connectivity index (χ1n) is 5.49. The minimum atomic E-state index is -1.95. The summed E-state index contributed by atoms with van der Waals surface area (Å²) in [5.41, 5.74) is -1.95. The quantitative estimate of drug-likeness (QED) is 0.580. The summed E-state index contributed by atoms with van der Waals surface area (Å²) in [4.78, 5) is 24.0. The Hall–Kier alpha value is -1.56. The molecule has 17 heavy (non-hydrogen) atoms. The molecule has 1 fully saturated rings.